The zero-order chi connectivity index (χ0) is 20.9. The largest absolute Gasteiger partial charge is 0.358 e. The molecule has 0 radical (unpaired) electrons. The fourth-order valence-corrected chi connectivity index (χ4v) is 3.73. The van der Waals surface area contributed by atoms with E-state index in [2.05, 4.69) is 9.97 Å². The van der Waals surface area contributed by atoms with Gasteiger partial charge in [-0.1, -0.05) is 32.0 Å². The standard InChI is InChI=1S/C20H19N5O4/c1-11(2)18-17-16(13-6-4-5-7-14(13)22-18)19(26)24(20(17)27)9-8-23-12(3)21-10-15(23)25(28)29/h4-7,10-11H,8-9H2,1-3H3. The Labute approximate surface area is 166 Å². The van der Waals surface area contributed by atoms with E-state index in [4.69, 9.17) is 0 Å². The van der Waals surface area contributed by atoms with Gasteiger partial charge in [-0.15, -0.1) is 0 Å². The summed E-state index contributed by atoms with van der Waals surface area (Å²) in [7, 11) is 0. The van der Waals surface area contributed by atoms with E-state index in [0.717, 1.165) is 4.90 Å². The van der Waals surface area contributed by atoms with E-state index in [1.165, 1.54) is 10.8 Å². The van der Waals surface area contributed by atoms with E-state index >= 15 is 0 Å². The highest BCUT2D eigenvalue weighted by atomic mass is 16.6. The third-order valence-electron chi connectivity index (χ3n) is 5.15. The third kappa shape index (κ3) is 2.86. The molecule has 0 spiro atoms. The van der Waals surface area contributed by atoms with Crippen LogP contribution in [0, 0.1) is 17.0 Å². The molecular weight excluding hydrogens is 374 g/mol. The number of imidazole rings is 1. The predicted octanol–water partition coefficient (Wildman–Crippen LogP) is 3.07. The van der Waals surface area contributed by atoms with E-state index in [-0.39, 0.29) is 24.8 Å². The molecule has 9 heteroatoms. The van der Waals surface area contributed by atoms with Crippen LogP contribution in [0.4, 0.5) is 5.82 Å². The van der Waals surface area contributed by atoms with Gasteiger partial charge >= 0.3 is 5.82 Å². The van der Waals surface area contributed by atoms with Crippen molar-refractivity contribution in [2.75, 3.05) is 6.54 Å². The summed E-state index contributed by atoms with van der Waals surface area (Å²) < 4.78 is 1.39. The van der Waals surface area contributed by atoms with Gasteiger partial charge in [0.1, 0.15) is 12.7 Å². The number of nitro groups is 1. The number of benzene rings is 1. The minimum atomic E-state index is -0.531. The highest BCUT2D eigenvalue weighted by Crippen LogP contribution is 2.34. The molecule has 0 atom stereocenters. The van der Waals surface area contributed by atoms with Crippen LogP contribution in [0.1, 0.15) is 52.0 Å². The van der Waals surface area contributed by atoms with E-state index in [1.807, 2.05) is 26.0 Å². The lowest BCUT2D eigenvalue weighted by Gasteiger charge is -2.13. The number of imide groups is 1. The Hall–Kier alpha value is -3.62. The molecule has 3 aromatic rings. The van der Waals surface area contributed by atoms with Gasteiger partial charge in [-0.2, -0.15) is 0 Å². The Morgan fingerprint density at radius 2 is 1.79 bits per heavy atom. The fourth-order valence-electron chi connectivity index (χ4n) is 3.73. The Balaban J connectivity index is 1.75. The van der Waals surface area contributed by atoms with Crippen LogP contribution in [-0.2, 0) is 6.54 Å². The number of carbonyl (C=O) groups is 2. The molecule has 1 aliphatic heterocycles. The average Bonchev–Trinajstić information content (AvgIpc) is 3.17. The lowest BCUT2D eigenvalue weighted by atomic mass is 9.97. The van der Waals surface area contributed by atoms with Gasteiger partial charge in [0.25, 0.3) is 11.8 Å². The van der Waals surface area contributed by atoms with Gasteiger partial charge in [0, 0.05) is 12.3 Å². The molecule has 0 fully saturated rings. The second kappa shape index (κ2) is 6.77. The highest BCUT2D eigenvalue weighted by molar-refractivity contribution is 6.26. The van der Waals surface area contributed by atoms with Crippen LogP contribution in [0.5, 0.6) is 0 Å². The number of hydrogen-bond donors (Lipinski definition) is 0. The lowest BCUT2D eigenvalue weighted by Crippen LogP contribution is -2.33. The molecule has 2 amide bonds. The molecule has 1 aromatic carbocycles. The summed E-state index contributed by atoms with van der Waals surface area (Å²) in [5, 5.41) is 11.8. The maximum absolute atomic E-state index is 13.2. The third-order valence-corrected chi connectivity index (χ3v) is 5.15. The Bertz CT molecular complexity index is 1180. The number of aryl methyl sites for hydroxylation is 1. The molecule has 148 valence electrons. The van der Waals surface area contributed by atoms with Crippen LogP contribution in [0.3, 0.4) is 0 Å². The van der Waals surface area contributed by atoms with Crippen LogP contribution < -0.4 is 0 Å². The van der Waals surface area contributed by atoms with Crippen LogP contribution in [0.2, 0.25) is 0 Å². The summed E-state index contributed by atoms with van der Waals surface area (Å²) in [5.74, 6) is -0.572. The van der Waals surface area contributed by atoms with Crippen molar-refractivity contribution < 1.29 is 14.5 Å². The molecule has 0 saturated carbocycles. The number of nitrogens with zero attached hydrogens (tertiary/aromatic N) is 5. The first-order chi connectivity index (χ1) is 13.8. The van der Waals surface area contributed by atoms with Gasteiger partial charge < -0.3 is 10.1 Å². The van der Waals surface area contributed by atoms with Gasteiger partial charge in [-0.3, -0.25) is 19.5 Å². The van der Waals surface area contributed by atoms with Crippen molar-refractivity contribution in [3.63, 3.8) is 0 Å². The summed E-state index contributed by atoms with van der Waals surface area (Å²) in [4.78, 5) is 46.7. The van der Waals surface area contributed by atoms with Crippen LogP contribution >= 0.6 is 0 Å². The van der Waals surface area contributed by atoms with Gasteiger partial charge in [-0.05, 0) is 16.9 Å². The number of amides is 2. The molecule has 9 nitrogen and oxygen atoms in total. The second-order valence-corrected chi connectivity index (χ2v) is 7.25. The molecule has 0 saturated heterocycles. The molecular formula is C20H19N5O4. The predicted molar refractivity (Wildman–Crippen MR) is 105 cm³/mol. The van der Waals surface area contributed by atoms with Crippen LogP contribution in [0.25, 0.3) is 10.9 Å². The smallest absolute Gasteiger partial charge is 0.342 e. The molecule has 3 heterocycles. The number of rotatable bonds is 5. The zero-order valence-corrected chi connectivity index (χ0v) is 16.2. The molecule has 4 rings (SSSR count). The summed E-state index contributed by atoms with van der Waals surface area (Å²) in [6.07, 6.45) is 1.17. The molecule has 29 heavy (non-hydrogen) atoms. The van der Waals surface area contributed by atoms with E-state index in [1.54, 1.807) is 19.1 Å². The van der Waals surface area contributed by atoms with Crippen molar-refractivity contribution in [1.29, 1.82) is 0 Å². The number of fused-ring (bicyclic) bond motifs is 3. The molecule has 1 aliphatic rings. The molecule has 0 N–H and O–H groups in total. The van der Waals surface area contributed by atoms with E-state index in [9.17, 15) is 19.7 Å². The number of pyridine rings is 1. The number of carbonyl (C=O) groups excluding carboxylic acids is 2. The summed E-state index contributed by atoms with van der Waals surface area (Å²) in [6.45, 7) is 5.60. The first kappa shape index (κ1) is 18.7. The van der Waals surface area contributed by atoms with E-state index in [0.29, 0.717) is 33.5 Å². The minimum absolute atomic E-state index is 0.0102. The first-order valence-electron chi connectivity index (χ1n) is 9.26. The monoisotopic (exact) mass is 393 g/mol. The second-order valence-electron chi connectivity index (χ2n) is 7.25. The van der Waals surface area contributed by atoms with Crippen molar-refractivity contribution >= 4 is 28.5 Å². The van der Waals surface area contributed by atoms with Crippen molar-refractivity contribution in [3.8, 4) is 0 Å². The topological polar surface area (TPSA) is 111 Å². The van der Waals surface area contributed by atoms with Crippen LogP contribution in [0.15, 0.2) is 30.5 Å². The van der Waals surface area contributed by atoms with Crippen LogP contribution in [-0.4, -0.2) is 42.7 Å². The van der Waals surface area contributed by atoms with Gasteiger partial charge in [-0.25, -0.2) is 9.55 Å². The molecule has 0 aliphatic carbocycles. The van der Waals surface area contributed by atoms with Crippen molar-refractivity contribution in [3.05, 3.63) is 63.2 Å². The summed E-state index contributed by atoms with van der Waals surface area (Å²) in [6, 6.07) is 7.24. The molecule has 0 unspecified atom stereocenters. The minimum Gasteiger partial charge on any atom is -0.358 e. The number of aromatic nitrogens is 3. The first-order valence-corrected chi connectivity index (χ1v) is 9.26. The Kier molecular flexibility index (Phi) is 4.37. The zero-order valence-electron chi connectivity index (χ0n) is 16.2. The quantitative estimate of drug-likeness (QED) is 0.374. The molecule has 0 bridgehead atoms. The van der Waals surface area contributed by atoms with E-state index < -0.39 is 16.7 Å². The summed E-state index contributed by atoms with van der Waals surface area (Å²) in [5.41, 5.74) is 1.95. The summed E-state index contributed by atoms with van der Waals surface area (Å²) >= 11 is 0. The maximum atomic E-state index is 13.2. The van der Waals surface area contributed by atoms with Crippen molar-refractivity contribution in [1.82, 2.24) is 19.4 Å². The average molecular weight is 393 g/mol. The SMILES string of the molecule is Cc1ncc([N+](=O)[O-])n1CCN1C(=O)c2c(C(C)C)nc3ccccc3c2C1=O. The normalized spacial score (nSPS) is 13.6. The van der Waals surface area contributed by atoms with Gasteiger partial charge in [0.05, 0.1) is 28.9 Å². The Morgan fingerprint density at radius 3 is 2.48 bits per heavy atom. The molecule has 2 aromatic heterocycles. The van der Waals surface area contributed by atoms with Gasteiger partial charge in [0.15, 0.2) is 5.82 Å². The number of hydrogen-bond acceptors (Lipinski definition) is 6. The lowest BCUT2D eigenvalue weighted by molar-refractivity contribution is -0.392. The van der Waals surface area contributed by atoms with Gasteiger partial charge in [0.2, 0.25) is 0 Å². The maximum Gasteiger partial charge on any atom is 0.342 e. The van der Waals surface area contributed by atoms with Crippen molar-refractivity contribution in [2.24, 2.45) is 0 Å². The Morgan fingerprint density at radius 1 is 1.10 bits per heavy atom. The number of para-hydroxylation sites is 1. The van der Waals surface area contributed by atoms with Crippen molar-refractivity contribution in [2.45, 2.75) is 33.2 Å². The fraction of sp³-hybridized carbons (Fsp3) is 0.300. The highest BCUT2D eigenvalue weighted by Gasteiger charge is 2.40.